The van der Waals surface area contributed by atoms with E-state index in [9.17, 15) is 4.79 Å². The number of ether oxygens (including phenoxy) is 2. The Hall–Kier alpha value is -3.11. The normalized spacial score (nSPS) is 21.3. The van der Waals surface area contributed by atoms with Gasteiger partial charge < -0.3 is 14.4 Å². The lowest BCUT2D eigenvalue weighted by molar-refractivity contribution is -0.134. The van der Waals surface area contributed by atoms with E-state index in [2.05, 4.69) is 66.3 Å². The number of hydrogen-bond donors (Lipinski definition) is 0. The van der Waals surface area contributed by atoms with Crippen molar-refractivity contribution in [3.8, 4) is 0 Å². The predicted molar refractivity (Wildman–Crippen MR) is 156 cm³/mol. The molecule has 1 aliphatic heterocycles. The van der Waals surface area contributed by atoms with Gasteiger partial charge in [0.05, 0.1) is 6.04 Å². The van der Waals surface area contributed by atoms with Gasteiger partial charge in [-0.15, -0.1) is 0 Å². The average molecular weight is 516 g/mol. The molecule has 2 aromatic rings. The molecule has 0 aromatic heterocycles. The highest BCUT2D eigenvalue weighted by Crippen LogP contribution is 2.45. The van der Waals surface area contributed by atoms with Crippen molar-refractivity contribution in [1.82, 2.24) is 4.90 Å². The van der Waals surface area contributed by atoms with Gasteiger partial charge in [-0.2, -0.15) is 0 Å². The number of aryl methyl sites for hydroxylation is 1. The summed E-state index contributed by atoms with van der Waals surface area (Å²) in [6.45, 7) is 18.0. The van der Waals surface area contributed by atoms with Crippen LogP contribution in [-0.2, 0) is 27.3 Å². The minimum atomic E-state index is -0.605. The molecule has 0 radical (unpaired) electrons. The van der Waals surface area contributed by atoms with Crippen molar-refractivity contribution in [3.63, 3.8) is 0 Å². The SMILES string of the molecule is C=C/C(=C\C=C(/CC)C1(C)OCN(C(=O)CCc2ccccc2)C1C(C)C(C)(C)C)OCc1ccccc1. The molecular formula is C34H45NO3. The third-order valence-electron chi connectivity index (χ3n) is 7.95. The number of amides is 1. The molecule has 1 saturated heterocycles. The molecule has 2 aromatic carbocycles. The Labute approximate surface area is 230 Å². The van der Waals surface area contributed by atoms with E-state index in [0.717, 1.165) is 24.0 Å². The minimum Gasteiger partial charge on any atom is -0.489 e. The third kappa shape index (κ3) is 7.26. The van der Waals surface area contributed by atoms with Gasteiger partial charge in [0.25, 0.3) is 0 Å². The van der Waals surface area contributed by atoms with Crippen LogP contribution in [0.4, 0.5) is 0 Å². The van der Waals surface area contributed by atoms with E-state index in [4.69, 9.17) is 9.47 Å². The molecule has 38 heavy (non-hydrogen) atoms. The van der Waals surface area contributed by atoms with Gasteiger partial charge in [-0.05, 0) is 60.0 Å². The highest BCUT2D eigenvalue weighted by atomic mass is 16.5. The molecular weight excluding hydrogens is 470 g/mol. The van der Waals surface area contributed by atoms with Gasteiger partial charge in [0.2, 0.25) is 5.91 Å². The van der Waals surface area contributed by atoms with Gasteiger partial charge in [0.1, 0.15) is 24.7 Å². The summed E-state index contributed by atoms with van der Waals surface area (Å²) in [6, 6.07) is 20.2. The maximum Gasteiger partial charge on any atom is 0.225 e. The van der Waals surface area contributed by atoms with Gasteiger partial charge >= 0.3 is 0 Å². The quantitative estimate of drug-likeness (QED) is 0.226. The Balaban J connectivity index is 1.85. The Bertz CT molecular complexity index is 1110. The molecule has 4 nitrogen and oxygen atoms in total. The molecule has 0 bridgehead atoms. The molecule has 3 unspecified atom stereocenters. The molecule has 0 aliphatic carbocycles. The first-order chi connectivity index (χ1) is 18.1. The Kier molecular flexibility index (Phi) is 10.2. The average Bonchev–Trinajstić information content (AvgIpc) is 3.27. The summed E-state index contributed by atoms with van der Waals surface area (Å²) in [6.07, 6.45) is 7.80. The zero-order valence-electron chi connectivity index (χ0n) is 24.1. The summed E-state index contributed by atoms with van der Waals surface area (Å²) < 4.78 is 12.6. The van der Waals surface area contributed by atoms with Crippen LogP contribution in [0.5, 0.6) is 0 Å². The second-order valence-electron chi connectivity index (χ2n) is 11.4. The number of benzene rings is 2. The number of nitrogens with zero attached hydrogens (tertiary/aromatic N) is 1. The van der Waals surface area contributed by atoms with Crippen LogP contribution < -0.4 is 0 Å². The van der Waals surface area contributed by atoms with E-state index in [1.807, 2.05) is 59.5 Å². The van der Waals surface area contributed by atoms with Crippen molar-refractivity contribution in [2.45, 2.75) is 79.1 Å². The van der Waals surface area contributed by atoms with Gasteiger partial charge in [-0.3, -0.25) is 4.79 Å². The number of carbonyl (C=O) groups is 1. The third-order valence-corrected chi connectivity index (χ3v) is 7.95. The van der Waals surface area contributed by atoms with Crippen LogP contribution in [0.15, 0.2) is 96.8 Å². The van der Waals surface area contributed by atoms with Crippen LogP contribution in [-0.4, -0.2) is 29.2 Å². The Morgan fingerprint density at radius 1 is 1.11 bits per heavy atom. The van der Waals surface area contributed by atoms with Gasteiger partial charge in [0, 0.05) is 6.42 Å². The van der Waals surface area contributed by atoms with Crippen LogP contribution in [0.2, 0.25) is 0 Å². The fourth-order valence-electron chi connectivity index (χ4n) is 5.17. The Morgan fingerprint density at radius 3 is 2.26 bits per heavy atom. The molecule has 4 heteroatoms. The molecule has 0 saturated carbocycles. The van der Waals surface area contributed by atoms with Gasteiger partial charge in [-0.1, -0.05) is 108 Å². The van der Waals surface area contributed by atoms with Crippen LogP contribution >= 0.6 is 0 Å². The monoisotopic (exact) mass is 515 g/mol. The van der Waals surface area contributed by atoms with Crippen LogP contribution in [0.3, 0.4) is 0 Å². The zero-order valence-corrected chi connectivity index (χ0v) is 24.1. The lowest BCUT2D eigenvalue weighted by Gasteiger charge is -2.43. The summed E-state index contributed by atoms with van der Waals surface area (Å²) in [5, 5.41) is 0. The van der Waals surface area contributed by atoms with Crippen molar-refractivity contribution in [2.75, 3.05) is 6.73 Å². The van der Waals surface area contributed by atoms with E-state index in [-0.39, 0.29) is 23.3 Å². The van der Waals surface area contributed by atoms with Crippen molar-refractivity contribution in [3.05, 3.63) is 108 Å². The number of allylic oxidation sites excluding steroid dienone is 3. The molecule has 3 rings (SSSR count). The van der Waals surface area contributed by atoms with E-state index in [0.29, 0.717) is 25.5 Å². The summed E-state index contributed by atoms with van der Waals surface area (Å²) in [7, 11) is 0. The largest absolute Gasteiger partial charge is 0.489 e. The number of rotatable bonds is 11. The van der Waals surface area contributed by atoms with E-state index < -0.39 is 5.60 Å². The molecule has 1 fully saturated rings. The highest BCUT2D eigenvalue weighted by molar-refractivity contribution is 5.77. The second-order valence-corrected chi connectivity index (χ2v) is 11.4. The smallest absolute Gasteiger partial charge is 0.225 e. The summed E-state index contributed by atoms with van der Waals surface area (Å²) in [5.74, 6) is 1.06. The minimum absolute atomic E-state index is 0.00263. The molecule has 0 N–H and O–H groups in total. The standard InChI is InChI=1S/C34H45NO3/c1-8-29(21-22-30(9-2)37-24-28-18-14-11-15-19-28)34(7)32(26(3)33(4,5)6)35(25-38-34)31(36)23-20-27-16-12-10-13-17-27/h9-19,21-22,26,32H,2,8,20,23-25H2,1,3-7H3/b29-21+,30-22+. The lowest BCUT2D eigenvalue weighted by atomic mass is 9.70. The zero-order chi connectivity index (χ0) is 27.8. The van der Waals surface area contributed by atoms with Crippen molar-refractivity contribution >= 4 is 5.91 Å². The molecule has 1 heterocycles. The predicted octanol–water partition coefficient (Wildman–Crippen LogP) is 7.87. The molecule has 204 valence electrons. The first-order valence-corrected chi connectivity index (χ1v) is 13.8. The van der Waals surface area contributed by atoms with Gasteiger partial charge in [0.15, 0.2) is 0 Å². The Morgan fingerprint density at radius 2 is 1.71 bits per heavy atom. The fraction of sp³-hybridized carbons (Fsp3) is 0.441. The maximum atomic E-state index is 13.6. The van der Waals surface area contributed by atoms with Crippen molar-refractivity contribution in [1.29, 1.82) is 0 Å². The number of carbonyl (C=O) groups excluding carboxylic acids is 1. The molecule has 3 atom stereocenters. The van der Waals surface area contributed by atoms with Gasteiger partial charge in [-0.25, -0.2) is 0 Å². The summed E-state index contributed by atoms with van der Waals surface area (Å²) in [4.78, 5) is 15.6. The van der Waals surface area contributed by atoms with E-state index in [1.54, 1.807) is 6.08 Å². The van der Waals surface area contributed by atoms with E-state index in [1.165, 1.54) is 5.56 Å². The van der Waals surface area contributed by atoms with Crippen LogP contribution in [0, 0.1) is 11.3 Å². The topological polar surface area (TPSA) is 38.8 Å². The maximum absolute atomic E-state index is 13.6. The molecule has 1 aliphatic rings. The first kappa shape index (κ1) is 29.4. The van der Waals surface area contributed by atoms with Crippen LogP contribution in [0.25, 0.3) is 0 Å². The number of hydrogen-bond acceptors (Lipinski definition) is 3. The fourth-order valence-corrected chi connectivity index (χ4v) is 5.17. The summed E-state index contributed by atoms with van der Waals surface area (Å²) >= 11 is 0. The van der Waals surface area contributed by atoms with E-state index >= 15 is 0 Å². The van der Waals surface area contributed by atoms with Crippen LogP contribution in [0.1, 0.15) is 65.5 Å². The lowest BCUT2D eigenvalue weighted by Crippen LogP contribution is -2.53. The van der Waals surface area contributed by atoms with Crippen molar-refractivity contribution in [2.24, 2.45) is 11.3 Å². The molecule has 1 amide bonds. The van der Waals surface area contributed by atoms with Crippen molar-refractivity contribution < 1.29 is 14.3 Å². The second kappa shape index (κ2) is 13.1. The first-order valence-electron chi connectivity index (χ1n) is 13.8. The highest BCUT2D eigenvalue weighted by Gasteiger charge is 2.53. The summed E-state index contributed by atoms with van der Waals surface area (Å²) in [5.41, 5.74) is 2.81. The molecule has 0 spiro atoms.